The molecule has 7 nitrogen and oxygen atoms in total. The van der Waals surface area contributed by atoms with Crippen LogP contribution in [0.3, 0.4) is 0 Å². The molecule has 0 saturated carbocycles. The Morgan fingerprint density at radius 3 is 2.73 bits per heavy atom. The van der Waals surface area contributed by atoms with Crippen LogP contribution in [0.5, 0.6) is 0 Å². The van der Waals surface area contributed by atoms with Crippen LogP contribution in [0.2, 0.25) is 0 Å². The minimum absolute atomic E-state index is 0.0540. The van der Waals surface area contributed by atoms with Gasteiger partial charge in [-0.1, -0.05) is 39.5 Å². The molecule has 2 aromatic rings. The van der Waals surface area contributed by atoms with Gasteiger partial charge in [-0.2, -0.15) is 14.8 Å². The summed E-state index contributed by atoms with van der Waals surface area (Å²) in [5.74, 6) is 0.614. The quantitative estimate of drug-likeness (QED) is 0.757. The van der Waals surface area contributed by atoms with Crippen LogP contribution in [0.25, 0.3) is 5.95 Å². The van der Waals surface area contributed by atoms with Crippen molar-refractivity contribution in [2.45, 2.75) is 46.0 Å². The van der Waals surface area contributed by atoms with E-state index in [9.17, 15) is 4.79 Å². The zero-order valence-corrected chi connectivity index (χ0v) is 13.1. The van der Waals surface area contributed by atoms with Crippen molar-refractivity contribution in [1.82, 2.24) is 24.7 Å². The molecule has 1 N–H and O–H groups in total. The molecule has 0 aliphatic heterocycles. The van der Waals surface area contributed by atoms with E-state index in [2.05, 4.69) is 32.3 Å². The highest BCUT2D eigenvalue weighted by molar-refractivity contribution is 5.90. The maximum atomic E-state index is 12.2. The number of anilines is 1. The molecule has 118 valence electrons. The van der Waals surface area contributed by atoms with Crippen LogP contribution in [0.15, 0.2) is 24.8 Å². The van der Waals surface area contributed by atoms with Crippen LogP contribution in [0.1, 0.15) is 46.0 Å². The summed E-state index contributed by atoms with van der Waals surface area (Å²) in [6.07, 6.45) is 10.1. The molecule has 2 heterocycles. The highest BCUT2D eigenvalue weighted by Crippen LogP contribution is 2.14. The summed E-state index contributed by atoms with van der Waals surface area (Å²) in [6.45, 7) is 4.11. The number of aromatic nitrogens is 5. The molecule has 0 saturated heterocycles. The number of unbranched alkanes of at least 4 members (excludes halogenated alkanes) is 3. The molecule has 1 unspecified atom stereocenters. The molecular formula is C15H22N6O. The molecule has 0 aromatic carbocycles. The number of hydrogen-bond donors (Lipinski definition) is 1. The van der Waals surface area contributed by atoms with Gasteiger partial charge >= 0.3 is 0 Å². The molecule has 0 aliphatic rings. The highest BCUT2D eigenvalue weighted by Gasteiger charge is 2.16. The maximum Gasteiger partial charge on any atom is 0.253 e. The Labute approximate surface area is 130 Å². The first-order chi connectivity index (χ1) is 10.7. The van der Waals surface area contributed by atoms with Crippen molar-refractivity contribution < 1.29 is 4.79 Å². The monoisotopic (exact) mass is 302 g/mol. The summed E-state index contributed by atoms with van der Waals surface area (Å²) in [6, 6.07) is 1.72. The van der Waals surface area contributed by atoms with Crippen LogP contribution in [0.4, 0.5) is 5.95 Å². The standard InChI is InChI=1S/C15H22N6O/c1-3-4-5-6-8-12(2)13(22)20-15-18-11-19-21(15)14-16-9-7-10-17-14/h7,9-12H,3-6,8H2,1-2H3,(H,18,19,20,22). The molecule has 2 aromatic heterocycles. The lowest BCUT2D eigenvalue weighted by molar-refractivity contribution is -0.119. The van der Waals surface area contributed by atoms with E-state index >= 15 is 0 Å². The average Bonchev–Trinajstić information content (AvgIpc) is 3.00. The molecule has 2 rings (SSSR count). The molecule has 1 amide bonds. The lowest BCUT2D eigenvalue weighted by Crippen LogP contribution is -2.23. The smallest absolute Gasteiger partial charge is 0.253 e. The Balaban J connectivity index is 1.94. The minimum Gasteiger partial charge on any atom is -0.294 e. The van der Waals surface area contributed by atoms with Crippen LogP contribution in [0, 0.1) is 5.92 Å². The lowest BCUT2D eigenvalue weighted by atomic mass is 10.0. The van der Waals surface area contributed by atoms with Gasteiger partial charge in [0.05, 0.1) is 0 Å². The van der Waals surface area contributed by atoms with E-state index in [-0.39, 0.29) is 11.8 Å². The lowest BCUT2D eigenvalue weighted by Gasteiger charge is -2.11. The number of amides is 1. The van der Waals surface area contributed by atoms with Crippen LogP contribution >= 0.6 is 0 Å². The van der Waals surface area contributed by atoms with Gasteiger partial charge in [-0.05, 0) is 12.5 Å². The van der Waals surface area contributed by atoms with Crippen molar-refractivity contribution in [3.05, 3.63) is 24.8 Å². The third-order valence-corrected chi connectivity index (χ3v) is 3.46. The number of nitrogens with one attached hydrogen (secondary N) is 1. The largest absolute Gasteiger partial charge is 0.294 e. The maximum absolute atomic E-state index is 12.2. The van der Waals surface area contributed by atoms with Crippen molar-refractivity contribution in [2.24, 2.45) is 5.92 Å². The number of rotatable bonds is 8. The molecule has 7 heteroatoms. The third kappa shape index (κ3) is 4.34. The zero-order chi connectivity index (χ0) is 15.8. The summed E-state index contributed by atoms with van der Waals surface area (Å²) < 4.78 is 1.42. The Morgan fingerprint density at radius 2 is 2.00 bits per heavy atom. The zero-order valence-electron chi connectivity index (χ0n) is 13.1. The van der Waals surface area contributed by atoms with Gasteiger partial charge in [-0.3, -0.25) is 10.1 Å². The second-order valence-corrected chi connectivity index (χ2v) is 5.28. The van der Waals surface area contributed by atoms with Gasteiger partial charge in [0, 0.05) is 18.3 Å². The molecule has 0 radical (unpaired) electrons. The van der Waals surface area contributed by atoms with Crippen LogP contribution in [-0.2, 0) is 4.79 Å². The highest BCUT2D eigenvalue weighted by atomic mass is 16.2. The predicted molar refractivity (Wildman–Crippen MR) is 83.5 cm³/mol. The Hall–Kier alpha value is -2.31. The first-order valence-electron chi connectivity index (χ1n) is 7.70. The fraction of sp³-hybridized carbons (Fsp3) is 0.533. The first kappa shape index (κ1) is 16.1. The number of nitrogens with zero attached hydrogens (tertiary/aromatic N) is 5. The molecule has 1 atom stereocenters. The van der Waals surface area contributed by atoms with Crippen molar-refractivity contribution in [1.29, 1.82) is 0 Å². The minimum atomic E-state index is -0.0568. The van der Waals surface area contributed by atoms with Gasteiger partial charge in [-0.25, -0.2) is 9.97 Å². The van der Waals surface area contributed by atoms with Gasteiger partial charge in [-0.15, -0.1) is 0 Å². The summed E-state index contributed by atoms with van der Waals surface area (Å²) in [5.41, 5.74) is 0. The number of hydrogen-bond acceptors (Lipinski definition) is 5. The Bertz CT molecular complexity index is 583. The SMILES string of the molecule is CCCCCCC(C)C(=O)Nc1ncnn1-c1ncccn1. The summed E-state index contributed by atoms with van der Waals surface area (Å²) in [5, 5.41) is 6.85. The number of carbonyl (C=O) groups is 1. The van der Waals surface area contributed by atoms with Gasteiger partial charge < -0.3 is 0 Å². The second-order valence-electron chi connectivity index (χ2n) is 5.28. The summed E-state index contributed by atoms with van der Waals surface area (Å²) >= 11 is 0. The summed E-state index contributed by atoms with van der Waals surface area (Å²) in [7, 11) is 0. The van der Waals surface area contributed by atoms with E-state index in [1.807, 2.05) is 6.92 Å². The first-order valence-corrected chi connectivity index (χ1v) is 7.70. The number of carbonyl (C=O) groups excluding carboxylic acids is 1. The fourth-order valence-electron chi connectivity index (χ4n) is 2.12. The van der Waals surface area contributed by atoms with Crippen LogP contribution < -0.4 is 5.32 Å². The molecule has 0 fully saturated rings. The normalized spacial score (nSPS) is 12.1. The second kappa shape index (κ2) is 8.21. The third-order valence-electron chi connectivity index (χ3n) is 3.46. The fourth-order valence-corrected chi connectivity index (χ4v) is 2.12. The van der Waals surface area contributed by atoms with E-state index in [0.29, 0.717) is 11.9 Å². The Kier molecular flexibility index (Phi) is 6.00. The molecule has 0 spiro atoms. The molecule has 0 aliphatic carbocycles. The Morgan fingerprint density at radius 1 is 1.23 bits per heavy atom. The van der Waals surface area contributed by atoms with Crippen molar-refractivity contribution in [3.63, 3.8) is 0 Å². The van der Waals surface area contributed by atoms with E-state index in [1.54, 1.807) is 18.5 Å². The van der Waals surface area contributed by atoms with Crippen molar-refractivity contribution in [3.8, 4) is 5.95 Å². The van der Waals surface area contributed by atoms with E-state index < -0.39 is 0 Å². The van der Waals surface area contributed by atoms with E-state index in [4.69, 9.17) is 0 Å². The van der Waals surface area contributed by atoms with Crippen molar-refractivity contribution >= 4 is 11.9 Å². The molecule has 22 heavy (non-hydrogen) atoms. The summed E-state index contributed by atoms with van der Waals surface area (Å²) in [4.78, 5) is 24.5. The molecule has 0 bridgehead atoms. The van der Waals surface area contributed by atoms with E-state index in [0.717, 1.165) is 12.8 Å². The molecular weight excluding hydrogens is 280 g/mol. The predicted octanol–water partition coefficient (Wildman–Crippen LogP) is 2.60. The van der Waals surface area contributed by atoms with Gasteiger partial charge in [0.15, 0.2) is 0 Å². The average molecular weight is 302 g/mol. The van der Waals surface area contributed by atoms with Gasteiger partial charge in [0.25, 0.3) is 5.95 Å². The van der Waals surface area contributed by atoms with E-state index in [1.165, 1.54) is 30.3 Å². The van der Waals surface area contributed by atoms with Gasteiger partial charge in [0.2, 0.25) is 11.9 Å². The van der Waals surface area contributed by atoms with Crippen LogP contribution in [-0.4, -0.2) is 30.6 Å². The van der Waals surface area contributed by atoms with Gasteiger partial charge in [0.1, 0.15) is 6.33 Å². The van der Waals surface area contributed by atoms with Crippen molar-refractivity contribution in [2.75, 3.05) is 5.32 Å². The topological polar surface area (TPSA) is 85.6 Å².